The standard InChI is InChI=1S/C23H26F3NOS/c1-2-3-4-5-6-17-7-9-18(10-8-17)21(28)27-15-16-29-22(27)19-11-13-20(14-12-19)23(24,25)26/h7-14,22H,2-6,15-16H2,1H3. The summed E-state index contributed by atoms with van der Waals surface area (Å²) in [6.07, 6.45) is 1.49. The van der Waals surface area contributed by atoms with Crippen LogP contribution in [-0.2, 0) is 12.6 Å². The Morgan fingerprint density at radius 3 is 2.34 bits per heavy atom. The van der Waals surface area contributed by atoms with Crippen LogP contribution in [0.15, 0.2) is 48.5 Å². The number of halogens is 3. The van der Waals surface area contributed by atoms with Gasteiger partial charge in [-0.1, -0.05) is 50.5 Å². The first-order chi connectivity index (χ1) is 13.9. The molecular formula is C23H26F3NOS. The van der Waals surface area contributed by atoms with Crippen LogP contribution in [-0.4, -0.2) is 23.1 Å². The predicted octanol–water partition coefficient (Wildman–Crippen LogP) is 6.72. The van der Waals surface area contributed by atoms with Crippen molar-refractivity contribution in [2.45, 2.75) is 50.6 Å². The van der Waals surface area contributed by atoms with Gasteiger partial charge in [0.05, 0.1) is 5.56 Å². The predicted molar refractivity (Wildman–Crippen MR) is 112 cm³/mol. The van der Waals surface area contributed by atoms with Gasteiger partial charge < -0.3 is 4.90 Å². The summed E-state index contributed by atoms with van der Waals surface area (Å²) in [6.45, 7) is 2.78. The minimum Gasteiger partial charge on any atom is -0.322 e. The van der Waals surface area contributed by atoms with Gasteiger partial charge in [0, 0.05) is 17.9 Å². The van der Waals surface area contributed by atoms with Gasteiger partial charge in [-0.25, -0.2) is 0 Å². The van der Waals surface area contributed by atoms with Crippen molar-refractivity contribution in [1.82, 2.24) is 4.90 Å². The number of aryl methyl sites for hydroxylation is 1. The summed E-state index contributed by atoms with van der Waals surface area (Å²) in [5.74, 6) is 0.699. The number of benzene rings is 2. The highest BCUT2D eigenvalue weighted by Gasteiger charge is 2.33. The lowest BCUT2D eigenvalue weighted by atomic mass is 10.0. The molecule has 0 saturated carbocycles. The van der Waals surface area contributed by atoms with E-state index in [4.69, 9.17) is 0 Å². The lowest BCUT2D eigenvalue weighted by Crippen LogP contribution is -2.30. The van der Waals surface area contributed by atoms with Gasteiger partial charge in [0.25, 0.3) is 5.91 Å². The molecule has 1 heterocycles. The van der Waals surface area contributed by atoms with E-state index in [-0.39, 0.29) is 11.3 Å². The van der Waals surface area contributed by atoms with Gasteiger partial charge in [-0.2, -0.15) is 13.2 Å². The summed E-state index contributed by atoms with van der Waals surface area (Å²) in [5.41, 5.74) is 1.91. The van der Waals surface area contributed by atoms with Crippen molar-refractivity contribution < 1.29 is 18.0 Å². The molecule has 3 rings (SSSR count). The van der Waals surface area contributed by atoms with Crippen molar-refractivity contribution in [1.29, 1.82) is 0 Å². The number of rotatable bonds is 7. The van der Waals surface area contributed by atoms with Gasteiger partial charge in [0.1, 0.15) is 5.37 Å². The zero-order chi connectivity index (χ0) is 20.9. The third kappa shape index (κ3) is 5.56. The Morgan fingerprint density at radius 1 is 1.03 bits per heavy atom. The van der Waals surface area contributed by atoms with E-state index in [2.05, 4.69) is 6.92 Å². The molecule has 1 amide bonds. The highest BCUT2D eigenvalue weighted by Crippen LogP contribution is 2.40. The maximum Gasteiger partial charge on any atom is 0.416 e. The van der Waals surface area contributed by atoms with Gasteiger partial charge in [-0.05, 0) is 48.2 Å². The molecule has 1 aliphatic rings. The molecule has 0 aliphatic carbocycles. The van der Waals surface area contributed by atoms with Gasteiger partial charge >= 0.3 is 6.18 Å². The number of carbonyl (C=O) groups excluding carboxylic acids is 1. The van der Waals surface area contributed by atoms with Crippen LogP contribution in [0.2, 0.25) is 0 Å². The lowest BCUT2D eigenvalue weighted by molar-refractivity contribution is -0.137. The summed E-state index contributed by atoms with van der Waals surface area (Å²) in [4.78, 5) is 14.8. The van der Waals surface area contributed by atoms with Crippen LogP contribution in [0.5, 0.6) is 0 Å². The first-order valence-corrected chi connectivity index (χ1v) is 11.1. The number of alkyl halides is 3. The van der Waals surface area contributed by atoms with Gasteiger partial charge in [0.15, 0.2) is 0 Å². The van der Waals surface area contributed by atoms with Crippen molar-refractivity contribution >= 4 is 17.7 Å². The monoisotopic (exact) mass is 421 g/mol. The van der Waals surface area contributed by atoms with E-state index in [1.54, 1.807) is 16.7 Å². The van der Waals surface area contributed by atoms with Crippen LogP contribution in [0.1, 0.15) is 65.0 Å². The first kappa shape index (κ1) is 21.8. The second-order valence-electron chi connectivity index (χ2n) is 7.35. The van der Waals surface area contributed by atoms with E-state index >= 15 is 0 Å². The van der Waals surface area contributed by atoms with Gasteiger partial charge in [-0.3, -0.25) is 4.79 Å². The lowest BCUT2D eigenvalue weighted by Gasteiger charge is -2.24. The molecule has 1 atom stereocenters. The van der Waals surface area contributed by atoms with Crippen molar-refractivity contribution in [3.8, 4) is 0 Å². The van der Waals surface area contributed by atoms with Crippen LogP contribution in [0, 0.1) is 0 Å². The molecule has 2 aromatic carbocycles. The molecule has 0 N–H and O–H groups in total. The molecule has 6 heteroatoms. The maximum atomic E-state index is 13.0. The molecule has 1 unspecified atom stereocenters. The highest BCUT2D eigenvalue weighted by molar-refractivity contribution is 7.99. The number of thioether (sulfide) groups is 1. The number of unbranched alkanes of at least 4 members (excludes halogenated alkanes) is 3. The Labute approximate surface area is 174 Å². The van der Waals surface area contributed by atoms with Crippen LogP contribution in [0.4, 0.5) is 13.2 Å². The Bertz CT molecular complexity index is 802. The van der Waals surface area contributed by atoms with Gasteiger partial charge in [-0.15, -0.1) is 11.8 Å². The minimum atomic E-state index is -4.35. The SMILES string of the molecule is CCCCCCc1ccc(C(=O)N2CCSC2c2ccc(C(F)(F)F)cc2)cc1. The molecule has 29 heavy (non-hydrogen) atoms. The smallest absolute Gasteiger partial charge is 0.322 e. The molecular weight excluding hydrogens is 395 g/mol. The van der Waals surface area contributed by atoms with E-state index < -0.39 is 11.7 Å². The summed E-state index contributed by atoms with van der Waals surface area (Å²) in [5, 5.41) is -0.251. The third-order valence-electron chi connectivity index (χ3n) is 5.19. The molecule has 1 saturated heterocycles. The number of carbonyl (C=O) groups is 1. The van der Waals surface area contributed by atoms with E-state index in [1.807, 2.05) is 24.3 Å². The number of hydrogen-bond donors (Lipinski definition) is 0. The second kappa shape index (κ2) is 9.70. The van der Waals surface area contributed by atoms with Crippen LogP contribution < -0.4 is 0 Å². The number of nitrogens with zero attached hydrogens (tertiary/aromatic N) is 1. The number of hydrogen-bond acceptors (Lipinski definition) is 2. The molecule has 2 aromatic rings. The van der Waals surface area contributed by atoms with E-state index in [0.717, 1.165) is 36.3 Å². The Hall–Kier alpha value is -1.95. The van der Waals surface area contributed by atoms with Crippen molar-refractivity contribution in [2.24, 2.45) is 0 Å². The molecule has 2 nitrogen and oxygen atoms in total. The average molecular weight is 422 g/mol. The number of amides is 1. The van der Waals surface area contributed by atoms with Gasteiger partial charge in [0.2, 0.25) is 0 Å². The average Bonchev–Trinajstić information content (AvgIpc) is 3.20. The van der Waals surface area contributed by atoms with Crippen molar-refractivity contribution in [3.63, 3.8) is 0 Å². The zero-order valence-electron chi connectivity index (χ0n) is 16.5. The molecule has 0 bridgehead atoms. The van der Waals surface area contributed by atoms with Crippen LogP contribution >= 0.6 is 11.8 Å². The summed E-state index contributed by atoms with van der Waals surface area (Å²) in [7, 11) is 0. The zero-order valence-corrected chi connectivity index (χ0v) is 17.4. The molecule has 0 spiro atoms. The Balaban J connectivity index is 1.66. The van der Waals surface area contributed by atoms with E-state index in [9.17, 15) is 18.0 Å². The maximum absolute atomic E-state index is 13.0. The molecule has 0 radical (unpaired) electrons. The van der Waals surface area contributed by atoms with Crippen molar-refractivity contribution in [3.05, 3.63) is 70.8 Å². The second-order valence-corrected chi connectivity index (χ2v) is 8.54. The Morgan fingerprint density at radius 2 is 1.72 bits per heavy atom. The fourth-order valence-corrected chi connectivity index (χ4v) is 4.78. The molecule has 156 valence electrons. The van der Waals surface area contributed by atoms with E-state index in [1.165, 1.54) is 37.0 Å². The van der Waals surface area contributed by atoms with Crippen molar-refractivity contribution in [2.75, 3.05) is 12.3 Å². The quantitative estimate of drug-likeness (QED) is 0.463. The van der Waals surface area contributed by atoms with Crippen LogP contribution in [0.25, 0.3) is 0 Å². The fraction of sp³-hybridized carbons (Fsp3) is 0.435. The summed E-state index contributed by atoms with van der Waals surface area (Å²) >= 11 is 1.58. The fourth-order valence-electron chi connectivity index (χ4n) is 3.53. The first-order valence-electron chi connectivity index (χ1n) is 10.1. The minimum absolute atomic E-state index is 0.0718. The van der Waals surface area contributed by atoms with Crippen LogP contribution in [0.3, 0.4) is 0 Å². The topological polar surface area (TPSA) is 20.3 Å². The summed E-state index contributed by atoms with van der Waals surface area (Å²) in [6, 6.07) is 12.9. The highest BCUT2D eigenvalue weighted by atomic mass is 32.2. The Kier molecular flexibility index (Phi) is 7.28. The third-order valence-corrected chi connectivity index (χ3v) is 6.46. The molecule has 1 fully saturated rings. The largest absolute Gasteiger partial charge is 0.416 e. The summed E-state index contributed by atoms with van der Waals surface area (Å²) < 4.78 is 38.4. The van der Waals surface area contributed by atoms with E-state index in [0.29, 0.717) is 12.1 Å². The molecule has 1 aliphatic heterocycles. The normalized spacial score (nSPS) is 17.0. The molecule has 0 aromatic heterocycles.